The highest BCUT2D eigenvalue weighted by atomic mass is 32.2. The smallest absolute Gasteiger partial charge is 0.208 e. The molecule has 0 bridgehead atoms. The summed E-state index contributed by atoms with van der Waals surface area (Å²) >= 11 is 0. The molecule has 1 N–H and O–H groups in total. The number of hydrogen-bond acceptors (Lipinski definition) is 3. The fourth-order valence-electron chi connectivity index (χ4n) is 2.61. The van der Waals surface area contributed by atoms with Gasteiger partial charge in [-0.05, 0) is 37.4 Å². The van der Waals surface area contributed by atoms with Crippen LogP contribution in [-0.4, -0.2) is 20.5 Å². The molecule has 6 nitrogen and oxygen atoms in total. The Morgan fingerprint density at radius 2 is 1.86 bits per heavy atom. The van der Waals surface area contributed by atoms with Crippen LogP contribution in [0.4, 0.5) is 0 Å². The molecule has 0 saturated heterocycles. The number of aryl methyl sites for hydroxylation is 1. The second-order valence-corrected chi connectivity index (χ2v) is 7.17. The maximum Gasteiger partial charge on any atom is 0.240 e. The molecule has 21 heavy (non-hydrogen) atoms. The first-order valence-electron chi connectivity index (χ1n) is 7.16. The fraction of sp³-hybridized carbons (Fsp3) is 0.571. The lowest BCUT2D eigenvalue weighted by atomic mass is 10.1. The van der Waals surface area contributed by atoms with E-state index in [1.165, 1.54) is 0 Å². The van der Waals surface area contributed by atoms with Crippen LogP contribution in [-0.2, 0) is 10.0 Å². The largest absolute Gasteiger partial charge is 0.240 e. The minimum absolute atomic E-state index is 0.247. The van der Waals surface area contributed by atoms with Gasteiger partial charge in [-0.2, -0.15) is 0 Å². The van der Waals surface area contributed by atoms with Gasteiger partial charge in [0.1, 0.15) is 0 Å². The monoisotopic (exact) mass is 308 g/mol. The molecule has 1 saturated carbocycles. The molecule has 2 rings (SSSR count). The number of benzene rings is 1. The summed E-state index contributed by atoms with van der Waals surface area (Å²) in [5, 5.41) is 3.77. The molecule has 2 atom stereocenters. The molecule has 1 aliphatic rings. The first-order chi connectivity index (χ1) is 10.0. The van der Waals surface area contributed by atoms with Gasteiger partial charge < -0.3 is 0 Å². The zero-order chi connectivity index (χ0) is 15.3. The lowest BCUT2D eigenvalue weighted by Gasteiger charge is -2.22. The maximum atomic E-state index is 12.4. The molecule has 7 heteroatoms. The van der Waals surface area contributed by atoms with Crippen molar-refractivity contribution in [2.75, 3.05) is 0 Å². The van der Waals surface area contributed by atoms with Crippen LogP contribution in [0.15, 0.2) is 34.3 Å². The van der Waals surface area contributed by atoms with Crippen molar-refractivity contribution in [3.8, 4) is 0 Å². The Labute approximate surface area is 125 Å². The van der Waals surface area contributed by atoms with Crippen molar-refractivity contribution in [2.24, 2.45) is 5.11 Å². The maximum absolute atomic E-state index is 12.4. The van der Waals surface area contributed by atoms with Gasteiger partial charge in [0.05, 0.1) is 10.9 Å². The average molecular weight is 308 g/mol. The molecule has 0 unspecified atom stereocenters. The van der Waals surface area contributed by atoms with Crippen LogP contribution in [0.1, 0.15) is 37.7 Å². The van der Waals surface area contributed by atoms with Gasteiger partial charge in [0.15, 0.2) is 0 Å². The van der Waals surface area contributed by atoms with E-state index < -0.39 is 10.0 Å². The molecule has 0 amide bonds. The van der Waals surface area contributed by atoms with Crippen molar-refractivity contribution >= 4 is 10.0 Å². The van der Waals surface area contributed by atoms with E-state index >= 15 is 0 Å². The molecular formula is C14H20N4O2S. The summed E-state index contributed by atoms with van der Waals surface area (Å²) in [6, 6.07) is 6.10. The van der Waals surface area contributed by atoms with Crippen molar-refractivity contribution in [3.05, 3.63) is 40.3 Å². The molecule has 0 spiro atoms. The highest BCUT2D eigenvalue weighted by Crippen LogP contribution is 2.22. The standard InChI is InChI=1S/C14H20N4O2S/c1-11-7-9-12(10-8-11)21(19,20)17-14-6-4-2-3-5-13(14)16-18-15/h7-10,13-14,17H,2-6H2,1H3/t13-,14-/m1/s1. The van der Waals surface area contributed by atoms with Crippen LogP contribution < -0.4 is 4.72 Å². The topological polar surface area (TPSA) is 94.9 Å². The fourth-order valence-corrected chi connectivity index (χ4v) is 3.92. The van der Waals surface area contributed by atoms with Crippen LogP contribution in [0.25, 0.3) is 10.4 Å². The Hall–Kier alpha value is -1.56. The highest BCUT2D eigenvalue weighted by molar-refractivity contribution is 7.89. The van der Waals surface area contributed by atoms with Crippen LogP contribution in [0.3, 0.4) is 0 Å². The third kappa shape index (κ3) is 4.20. The lowest BCUT2D eigenvalue weighted by molar-refractivity contribution is 0.455. The van der Waals surface area contributed by atoms with E-state index in [0.717, 1.165) is 31.2 Å². The van der Waals surface area contributed by atoms with Crippen LogP contribution in [0.5, 0.6) is 0 Å². The molecule has 0 radical (unpaired) electrons. The minimum Gasteiger partial charge on any atom is -0.208 e. The number of hydrogen-bond donors (Lipinski definition) is 1. The van der Waals surface area contributed by atoms with Crippen molar-refractivity contribution in [1.29, 1.82) is 0 Å². The first-order valence-corrected chi connectivity index (χ1v) is 8.64. The zero-order valence-electron chi connectivity index (χ0n) is 12.1. The van der Waals surface area contributed by atoms with Gasteiger partial charge >= 0.3 is 0 Å². The molecular weight excluding hydrogens is 288 g/mol. The Balaban J connectivity index is 2.20. The van der Waals surface area contributed by atoms with Gasteiger partial charge in [0, 0.05) is 11.0 Å². The summed E-state index contributed by atoms with van der Waals surface area (Å²) in [6.45, 7) is 1.91. The SMILES string of the molecule is Cc1ccc(S(=O)(=O)N[C@@H]2CCCCC[C@H]2N=[N+]=[N-])cc1. The van der Waals surface area contributed by atoms with E-state index in [1.54, 1.807) is 24.3 Å². The Bertz CT molecular complexity index is 621. The minimum atomic E-state index is -3.58. The summed E-state index contributed by atoms with van der Waals surface area (Å²) in [5.74, 6) is 0. The van der Waals surface area contributed by atoms with E-state index in [2.05, 4.69) is 14.7 Å². The van der Waals surface area contributed by atoms with E-state index in [9.17, 15) is 8.42 Å². The van der Waals surface area contributed by atoms with Gasteiger partial charge in [-0.25, -0.2) is 13.1 Å². The average Bonchev–Trinajstić information content (AvgIpc) is 2.65. The molecule has 0 heterocycles. The third-order valence-corrected chi connectivity index (χ3v) is 5.32. The molecule has 0 aromatic heterocycles. The third-order valence-electron chi connectivity index (χ3n) is 3.82. The molecule has 114 valence electrons. The van der Waals surface area contributed by atoms with E-state index in [1.807, 2.05) is 6.92 Å². The molecule has 1 fully saturated rings. The summed E-state index contributed by atoms with van der Waals surface area (Å²) in [6.07, 6.45) is 4.38. The Morgan fingerprint density at radius 1 is 1.19 bits per heavy atom. The number of sulfonamides is 1. The van der Waals surface area contributed by atoms with E-state index in [0.29, 0.717) is 6.42 Å². The molecule has 0 aliphatic heterocycles. The normalized spacial score (nSPS) is 23.1. The molecule has 1 aromatic carbocycles. The molecule has 1 aliphatic carbocycles. The number of azide groups is 1. The van der Waals surface area contributed by atoms with Crippen molar-refractivity contribution < 1.29 is 8.42 Å². The second kappa shape index (κ2) is 6.93. The molecule has 1 aromatic rings. The second-order valence-electron chi connectivity index (χ2n) is 5.45. The van der Waals surface area contributed by atoms with Crippen molar-refractivity contribution in [2.45, 2.75) is 56.0 Å². The van der Waals surface area contributed by atoms with Gasteiger partial charge in [-0.1, -0.05) is 42.1 Å². The zero-order valence-corrected chi connectivity index (χ0v) is 12.9. The Morgan fingerprint density at radius 3 is 2.52 bits per heavy atom. The first kappa shape index (κ1) is 15.8. The predicted molar refractivity (Wildman–Crippen MR) is 81.3 cm³/mol. The van der Waals surface area contributed by atoms with Crippen LogP contribution in [0, 0.1) is 6.92 Å². The van der Waals surface area contributed by atoms with Crippen LogP contribution in [0.2, 0.25) is 0 Å². The van der Waals surface area contributed by atoms with Gasteiger partial charge in [-0.15, -0.1) is 0 Å². The van der Waals surface area contributed by atoms with E-state index in [-0.39, 0.29) is 17.0 Å². The summed E-state index contributed by atoms with van der Waals surface area (Å²) < 4.78 is 27.6. The van der Waals surface area contributed by atoms with Gasteiger partial charge in [-0.3, -0.25) is 0 Å². The summed E-state index contributed by atoms with van der Waals surface area (Å²) in [4.78, 5) is 3.10. The number of nitrogens with zero attached hydrogens (tertiary/aromatic N) is 3. The van der Waals surface area contributed by atoms with Gasteiger partial charge in [0.2, 0.25) is 10.0 Å². The lowest BCUT2D eigenvalue weighted by Crippen LogP contribution is -2.41. The predicted octanol–water partition coefficient (Wildman–Crippen LogP) is 3.28. The number of rotatable bonds is 4. The summed E-state index contributed by atoms with van der Waals surface area (Å²) in [5.41, 5.74) is 9.66. The van der Waals surface area contributed by atoms with Crippen LogP contribution >= 0.6 is 0 Å². The quantitative estimate of drug-likeness (QED) is 0.400. The van der Waals surface area contributed by atoms with Crippen molar-refractivity contribution in [1.82, 2.24) is 4.72 Å². The van der Waals surface area contributed by atoms with E-state index in [4.69, 9.17) is 5.53 Å². The Kier molecular flexibility index (Phi) is 5.22. The summed E-state index contributed by atoms with van der Waals surface area (Å²) in [7, 11) is -3.58. The number of nitrogens with one attached hydrogen (secondary N) is 1. The van der Waals surface area contributed by atoms with Gasteiger partial charge in [0.25, 0.3) is 0 Å². The highest BCUT2D eigenvalue weighted by Gasteiger charge is 2.27. The van der Waals surface area contributed by atoms with Crippen molar-refractivity contribution in [3.63, 3.8) is 0 Å².